The summed E-state index contributed by atoms with van der Waals surface area (Å²) in [6, 6.07) is 6.14. The Hall–Kier alpha value is -0.820. The summed E-state index contributed by atoms with van der Waals surface area (Å²) in [5.41, 5.74) is 0.695. The number of likely N-dealkylation sites (tertiary alicyclic amines) is 1. The van der Waals surface area contributed by atoms with Gasteiger partial charge in [-0.1, -0.05) is 15.9 Å². The first-order valence-electron chi connectivity index (χ1n) is 8.74. The smallest absolute Gasteiger partial charge is 0.254 e. The van der Waals surface area contributed by atoms with E-state index >= 15 is 0 Å². The van der Waals surface area contributed by atoms with Gasteiger partial charge in [-0.15, -0.1) is 12.4 Å². The van der Waals surface area contributed by atoms with Gasteiger partial charge in [0, 0.05) is 55.3 Å². The van der Waals surface area contributed by atoms with Gasteiger partial charge < -0.3 is 15.0 Å². The van der Waals surface area contributed by atoms with E-state index in [4.69, 9.17) is 4.74 Å². The third-order valence-electron chi connectivity index (χ3n) is 4.61. The fourth-order valence-corrected chi connectivity index (χ4v) is 3.95. The van der Waals surface area contributed by atoms with Gasteiger partial charge in [0.2, 0.25) is 0 Å². The molecule has 1 N–H and O–H groups in total. The van der Waals surface area contributed by atoms with Crippen LogP contribution in [0.5, 0.6) is 5.75 Å². The van der Waals surface area contributed by atoms with Gasteiger partial charge in [0.1, 0.15) is 5.75 Å². The number of halogens is 2. The molecule has 1 aromatic rings. The second-order valence-corrected chi connectivity index (χ2v) is 7.74. The van der Waals surface area contributed by atoms with E-state index in [1.54, 1.807) is 0 Å². The average molecular weight is 433 g/mol. The maximum atomic E-state index is 12.9. The van der Waals surface area contributed by atoms with Gasteiger partial charge in [-0.05, 0) is 38.5 Å². The highest BCUT2D eigenvalue weighted by Gasteiger charge is 2.31. The number of piperazine rings is 1. The average Bonchev–Trinajstić information content (AvgIpc) is 3.03. The lowest BCUT2D eigenvalue weighted by Crippen LogP contribution is -2.49. The van der Waals surface area contributed by atoms with Crippen LogP contribution in [0, 0.1) is 0 Å². The minimum Gasteiger partial charge on any atom is -0.491 e. The second-order valence-electron chi connectivity index (χ2n) is 6.82. The highest BCUT2D eigenvalue weighted by molar-refractivity contribution is 9.10. The summed E-state index contributed by atoms with van der Waals surface area (Å²) in [4.78, 5) is 17.4. The van der Waals surface area contributed by atoms with Crippen molar-refractivity contribution in [1.82, 2.24) is 15.1 Å². The molecule has 0 saturated carbocycles. The Balaban J connectivity index is 0.00000225. The van der Waals surface area contributed by atoms with Crippen LogP contribution in [0.15, 0.2) is 22.7 Å². The summed E-state index contributed by atoms with van der Waals surface area (Å²) in [7, 11) is 0. The first-order chi connectivity index (χ1) is 11.5. The van der Waals surface area contributed by atoms with Crippen molar-refractivity contribution in [1.29, 1.82) is 0 Å². The Morgan fingerprint density at radius 1 is 1.24 bits per heavy atom. The van der Waals surface area contributed by atoms with Crippen molar-refractivity contribution in [3.63, 3.8) is 0 Å². The van der Waals surface area contributed by atoms with Crippen LogP contribution >= 0.6 is 28.3 Å². The lowest BCUT2D eigenvalue weighted by atomic mass is 10.2. The molecule has 25 heavy (non-hydrogen) atoms. The molecule has 0 bridgehead atoms. The lowest BCUT2D eigenvalue weighted by Gasteiger charge is -2.32. The minimum atomic E-state index is 0. The molecule has 5 nitrogen and oxygen atoms in total. The summed E-state index contributed by atoms with van der Waals surface area (Å²) in [5.74, 6) is 0.836. The molecule has 2 heterocycles. The monoisotopic (exact) mass is 431 g/mol. The van der Waals surface area contributed by atoms with Gasteiger partial charge in [-0.25, -0.2) is 0 Å². The molecule has 1 aromatic carbocycles. The fraction of sp³-hybridized carbons (Fsp3) is 0.611. The number of ether oxygens (including phenoxy) is 1. The van der Waals surface area contributed by atoms with Gasteiger partial charge in [-0.3, -0.25) is 9.69 Å². The number of carbonyl (C=O) groups excluding carboxylic acids is 1. The van der Waals surface area contributed by atoms with Crippen molar-refractivity contribution >= 4 is 34.2 Å². The van der Waals surface area contributed by atoms with Crippen LogP contribution in [0.3, 0.4) is 0 Å². The predicted molar refractivity (Wildman–Crippen MR) is 106 cm³/mol. The zero-order chi connectivity index (χ0) is 17.1. The molecule has 2 fully saturated rings. The van der Waals surface area contributed by atoms with E-state index in [1.165, 1.54) is 0 Å². The van der Waals surface area contributed by atoms with Crippen LogP contribution < -0.4 is 10.1 Å². The molecule has 7 heteroatoms. The highest BCUT2D eigenvalue weighted by atomic mass is 79.9. The number of nitrogens with one attached hydrogen (secondary N) is 1. The Labute approximate surface area is 164 Å². The van der Waals surface area contributed by atoms with E-state index in [-0.39, 0.29) is 24.4 Å². The van der Waals surface area contributed by atoms with Crippen molar-refractivity contribution < 1.29 is 9.53 Å². The molecule has 140 valence electrons. The largest absolute Gasteiger partial charge is 0.491 e. The van der Waals surface area contributed by atoms with E-state index in [1.807, 2.05) is 36.9 Å². The van der Waals surface area contributed by atoms with Crippen molar-refractivity contribution in [3.8, 4) is 5.75 Å². The summed E-state index contributed by atoms with van der Waals surface area (Å²) in [6.07, 6.45) is 1.15. The van der Waals surface area contributed by atoms with Crippen LogP contribution in [-0.4, -0.2) is 67.1 Å². The molecule has 2 aliphatic heterocycles. The van der Waals surface area contributed by atoms with Crippen molar-refractivity contribution in [3.05, 3.63) is 28.2 Å². The second kappa shape index (κ2) is 9.21. The maximum absolute atomic E-state index is 12.9. The number of amides is 1. The molecule has 0 aliphatic carbocycles. The summed E-state index contributed by atoms with van der Waals surface area (Å²) in [6.45, 7) is 9.89. The zero-order valence-corrected chi connectivity index (χ0v) is 17.2. The van der Waals surface area contributed by atoms with E-state index in [0.717, 1.165) is 55.9 Å². The molecule has 2 saturated heterocycles. The predicted octanol–water partition coefficient (Wildman–Crippen LogP) is 2.78. The summed E-state index contributed by atoms with van der Waals surface area (Å²) < 4.78 is 6.63. The lowest BCUT2D eigenvalue weighted by molar-refractivity contribution is 0.0772. The van der Waals surface area contributed by atoms with E-state index in [2.05, 4.69) is 26.1 Å². The molecule has 0 aromatic heterocycles. The fourth-order valence-electron chi connectivity index (χ4n) is 3.48. The molecule has 1 atom stereocenters. The number of carbonyl (C=O) groups is 1. The van der Waals surface area contributed by atoms with Crippen LogP contribution in [0.1, 0.15) is 30.6 Å². The van der Waals surface area contributed by atoms with Gasteiger partial charge >= 0.3 is 0 Å². The molecule has 2 aliphatic rings. The van der Waals surface area contributed by atoms with E-state index in [9.17, 15) is 4.79 Å². The third kappa shape index (κ3) is 5.33. The Morgan fingerprint density at radius 2 is 1.96 bits per heavy atom. The zero-order valence-electron chi connectivity index (χ0n) is 14.8. The molecule has 3 rings (SSSR count). The summed E-state index contributed by atoms with van der Waals surface area (Å²) in [5, 5.41) is 3.38. The SMILES string of the molecule is CC(C)Oc1cc(Br)cc(C(=O)N2CCC(N3CCNCC3)C2)c1.Cl. The highest BCUT2D eigenvalue weighted by Crippen LogP contribution is 2.25. The van der Waals surface area contributed by atoms with Crippen LogP contribution in [-0.2, 0) is 0 Å². The molecular formula is C18H27BrClN3O2. The summed E-state index contributed by atoms with van der Waals surface area (Å²) >= 11 is 3.49. The molecular weight excluding hydrogens is 406 g/mol. The van der Waals surface area contributed by atoms with Crippen molar-refractivity contribution in [2.24, 2.45) is 0 Å². The van der Waals surface area contributed by atoms with Crippen LogP contribution in [0.25, 0.3) is 0 Å². The molecule has 0 radical (unpaired) electrons. The number of nitrogens with zero attached hydrogens (tertiary/aromatic N) is 2. The van der Waals surface area contributed by atoms with Crippen LogP contribution in [0.4, 0.5) is 0 Å². The Bertz CT molecular complexity index is 594. The van der Waals surface area contributed by atoms with Gasteiger partial charge in [0.25, 0.3) is 5.91 Å². The molecule has 1 unspecified atom stereocenters. The van der Waals surface area contributed by atoms with Gasteiger partial charge in [0.05, 0.1) is 6.10 Å². The molecule has 0 spiro atoms. The number of rotatable bonds is 4. The van der Waals surface area contributed by atoms with E-state index < -0.39 is 0 Å². The number of benzene rings is 1. The van der Waals surface area contributed by atoms with Crippen LogP contribution in [0.2, 0.25) is 0 Å². The van der Waals surface area contributed by atoms with E-state index in [0.29, 0.717) is 11.6 Å². The van der Waals surface area contributed by atoms with Gasteiger partial charge in [-0.2, -0.15) is 0 Å². The first kappa shape index (κ1) is 20.5. The molecule has 1 amide bonds. The Kier molecular flexibility index (Phi) is 7.55. The quantitative estimate of drug-likeness (QED) is 0.795. The standard InChI is InChI=1S/C18H26BrN3O2.ClH/c1-13(2)24-17-10-14(9-15(19)11-17)18(23)22-6-3-16(12-22)21-7-4-20-5-8-21;/h9-11,13,16,20H,3-8,12H2,1-2H3;1H. The Morgan fingerprint density at radius 3 is 2.64 bits per heavy atom. The third-order valence-corrected chi connectivity index (χ3v) is 5.07. The number of hydrogen-bond donors (Lipinski definition) is 1. The van der Waals surface area contributed by atoms with Crippen molar-refractivity contribution in [2.45, 2.75) is 32.4 Å². The first-order valence-corrected chi connectivity index (χ1v) is 9.53. The topological polar surface area (TPSA) is 44.8 Å². The van der Waals surface area contributed by atoms with Gasteiger partial charge in [0.15, 0.2) is 0 Å². The minimum absolute atomic E-state index is 0. The normalized spacial score (nSPS) is 21.3. The maximum Gasteiger partial charge on any atom is 0.254 e. The number of hydrogen-bond acceptors (Lipinski definition) is 4. The van der Waals surface area contributed by atoms with Crippen molar-refractivity contribution in [2.75, 3.05) is 39.3 Å².